The van der Waals surface area contributed by atoms with Crippen molar-refractivity contribution in [1.29, 1.82) is 0 Å². The normalized spacial score (nSPS) is 15.1. The molecule has 0 bridgehead atoms. The second-order valence-corrected chi connectivity index (χ2v) is 7.24. The van der Waals surface area contributed by atoms with Gasteiger partial charge in [-0.3, -0.25) is 0 Å². The Hall–Kier alpha value is -0.850. The maximum atomic E-state index is 12.5. The summed E-state index contributed by atoms with van der Waals surface area (Å²) < 4.78 is 29.7. The van der Waals surface area contributed by atoms with Gasteiger partial charge in [0.15, 0.2) is 0 Å². The maximum absolute atomic E-state index is 12.5. The van der Waals surface area contributed by atoms with E-state index in [9.17, 15) is 8.42 Å². The van der Waals surface area contributed by atoms with Crippen molar-refractivity contribution >= 4 is 10.0 Å². The Morgan fingerprint density at radius 1 is 1.24 bits per heavy atom. The lowest BCUT2D eigenvalue weighted by Gasteiger charge is -2.19. The second kappa shape index (κ2) is 7.96. The molecule has 122 valence electrons. The molecule has 0 amide bonds. The highest BCUT2D eigenvalue weighted by Crippen LogP contribution is 2.17. The molecule has 1 aromatic heterocycles. The molecule has 2 N–H and O–H groups in total. The lowest BCUT2D eigenvalue weighted by Crippen LogP contribution is -2.36. The van der Waals surface area contributed by atoms with Gasteiger partial charge in [-0.25, -0.2) is 13.1 Å². The van der Waals surface area contributed by atoms with Gasteiger partial charge < -0.3 is 9.88 Å². The number of hydrogen-bond donors (Lipinski definition) is 2. The molecule has 1 aromatic rings. The van der Waals surface area contributed by atoms with E-state index in [0.29, 0.717) is 17.4 Å². The predicted octanol–water partition coefficient (Wildman–Crippen LogP) is 2.33. The first-order chi connectivity index (χ1) is 9.85. The Morgan fingerprint density at radius 2 is 1.90 bits per heavy atom. The zero-order valence-corrected chi connectivity index (χ0v) is 14.6. The van der Waals surface area contributed by atoms with Crippen LogP contribution in [0.3, 0.4) is 0 Å². The zero-order chi connectivity index (χ0) is 16.0. The standard InChI is InChI=1S/C15H29N3O2S/c1-6-12(4)13(5)17-21(19,20)15-9-14(10-16-7-2)18(8-3)11-15/h9,11-13,16-17H,6-8,10H2,1-5H3. The van der Waals surface area contributed by atoms with Gasteiger partial charge in [-0.05, 0) is 32.4 Å². The van der Waals surface area contributed by atoms with Crippen molar-refractivity contribution in [2.75, 3.05) is 6.54 Å². The van der Waals surface area contributed by atoms with Crippen LogP contribution in [0.5, 0.6) is 0 Å². The molecule has 0 aliphatic rings. The highest BCUT2D eigenvalue weighted by atomic mass is 32.2. The van der Waals surface area contributed by atoms with Crippen LogP contribution in [-0.2, 0) is 23.1 Å². The van der Waals surface area contributed by atoms with Crippen molar-refractivity contribution < 1.29 is 8.42 Å². The molecular weight excluding hydrogens is 286 g/mol. The minimum Gasteiger partial charge on any atom is -0.349 e. The largest absolute Gasteiger partial charge is 0.349 e. The molecule has 21 heavy (non-hydrogen) atoms. The van der Waals surface area contributed by atoms with Crippen LogP contribution in [0.25, 0.3) is 0 Å². The lowest BCUT2D eigenvalue weighted by molar-refractivity contribution is 0.434. The van der Waals surface area contributed by atoms with Crippen LogP contribution < -0.4 is 10.0 Å². The van der Waals surface area contributed by atoms with Crippen molar-refractivity contribution in [1.82, 2.24) is 14.6 Å². The first kappa shape index (κ1) is 18.2. The van der Waals surface area contributed by atoms with Crippen LogP contribution in [0.15, 0.2) is 17.2 Å². The lowest BCUT2D eigenvalue weighted by atomic mass is 10.0. The fraction of sp³-hybridized carbons (Fsp3) is 0.733. The summed E-state index contributed by atoms with van der Waals surface area (Å²) in [6.45, 7) is 12.4. The van der Waals surface area contributed by atoms with Crippen molar-refractivity contribution in [3.8, 4) is 0 Å². The van der Waals surface area contributed by atoms with Gasteiger partial charge in [0.25, 0.3) is 0 Å². The third-order valence-corrected chi connectivity index (χ3v) is 5.53. The molecule has 2 atom stereocenters. The van der Waals surface area contributed by atoms with Gasteiger partial charge in [-0.1, -0.05) is 27.2 Å². The number of hydrogen-bond acceptors (Lipinski definition) is 3. The molecule has 0 saturated heterocycles. The summed E-state index contributed by atoms with van der Waals surface area (Å²) in [4.78, 5) is 0.354. The van der Waals surface area contributed by atoms with E-state index >= 15 is 0 Å². The number of sulfonamides is 1. The van der Waals surface area contributed by atoms with Gasteiger partial charge in [0, 0.05) is 31.0 Å². The Kier molecular flexibility index (Phi) is 6.90. The van der Waals surface area contributed by atoms with Crippen LogP contribution in [0.1, 0.15) is 46.7 Å². The molecule has 2 unspecified atom stereocenters. The van der Waals surface area contributed by atoms with Gasteiger partial charge in [-0.2, -0.15) is 0 Å². The summed E-state index contributed by atoms with van der Waals surface area (Å²) >= 11 is 0. The van der Waals surface area contributed by atoms with Crippen molar-refractivity contribution in [2.24, 2.45) is 5.92 Å². The van der Waals surface area contributed by atoms with Crippen molar-refractivity contribution in [3.63, 3.8) is 0 Å². The summed E-state index contributed by atoms with van der Waals surface area (Å²) in [6, 6.07) is 1.69. The van der Waals surface area contributed by atoms with Gasteiger partial charge in [0.2, 0.25) is 10.0 Å². The average Bonchev–Trinajstić information content (AvgIpc) is 2.87. The van der Waals surface area contributed by atoms with E-state index in [2.05, 4.69) is 23.9 Å². The topological polar surface area (TPSA) is 63.1 Å². The van der Waals surface area contributed by atoms with E-state index in [-0.39, 0.29) is 6.04 Å². The number of nitrogens with one attached hydrogen (secondary N) is 2. The van der Waals surface area contributed by atoms with Crippen LogP contribution in [0.4, 0.5) is 0 Å². The molecular formula is C15H29N3O2S. The fourth-order valence-electron chi connectivity index (χ4n) is 2.15. The molecule has 0 aliphatic carbocycles. The van der Waals surface area contributed by atoms with Gasteiger partial charge >= 0.3 is 0 Å². The molecule has 1 heterocycles. The summed E-state index contributed by atoms with van der Waals surface area (Å²) in [6.07, 6.45) is 2.67. The molecule has 6 heteroatoms. The summed E-state index contributed by atoms with van der Waals surface area (Å²) in [5.74, 6) is 0.314. The fourth-order valence-corrected chi connectivity index (χ4v) is 3.57. The van der Waals surface area contributed by atoms with Crippen molar-refractivity contribution in [3.05, 3.63) is 18.0 Å². The van der Waals surface area contributed by atoms with E-state index in [4.69, 9.17) is 0 Å². The number of aryl methyl sites for hydroxylation is 1. The Labute approximate surface area is 129 Å². The number of rotatable bonds is 9. The molecule has 0 fully saturated rings. The second-order valence-electron chi connectivity index (χ2n) is 5.53. The molecule has 1 rings (SSSR count). The molecule has 0 radical (unpaired) electrons. The maximum Gasteiger partial charge on any atom is 0.242 e. The van der Waals surface area contributed by atoms with E-state index in [1.54, 1.807) is 12.3 Å². The monoisotopic (exact) mass is 315 g/mol. The third-order valence-electron chi connectivity index (χ3n) is 4.01. The highest BCUT2D eigenvalue weighted by molar-refractivity contribution is 7.89. The molecule has 0 saturated carbocycles. The zero-order valence-electron chi connectivity index (χ0n) is 13.8. The first-order valence-electron chi connectivity index (χ1n) is 7.77. The van der Waals surface area contributed by atoms with Crippen LogP contribution in [0, 0.1) is 5.92 Å². The van der Waals surface area contributed by atoms with Gasteiger partial charge in [-0.15, -0.1) is 0 Å². The van der Waals surface area contributed by atoms with Crippen LogP contribution >= 0.6 is 0 Å². The SMILES string of the molecule is CCNCc1cc(S(=O)(=O)NC(C)C(C)CC)cn1CC. The minimum atomic E-state index is -3.45. The van der Waals surface area contributed by atoms with Gasteiger partial charge in [0.05, 0.1) is 4.90 Å². The number of nitrogens with zero attached hydrogens (tertiary/aromatic N) is 1. The van der Waals surface area contributed by atoms with E-state index in [0.717, 1.165) is 25.2 Å². The van der Waals surface area contributed by atoms with Crippen LogP contribution in [0.2, 0.25) is 0 Å². The van der Waals surface area contributed by atoms with Crippen molar-refractivity contribution in [2.45, 2.75) is 65.1 Å². The Morgan fingerprint density at radius 3 is 2.43 bits per heavy atom. The number of aromatic nitrogens is 1. The van der Waals surface area contributed by atoms with Gasteiger partial charge in [0.1, 0.15) is 0 Å². The Bertz CT molecular complexity index is 537. The predicted molar refractivity (Wildman–Crippen MR) is 86.7 cm³/mol. The molecule has 5 nitrogen and oxygen atoms in total. The average molecular weight is 315 g/mol. The molecule has 0 aliphatic heterocycles. The quantitative estimate of drug-likeness (QED) is 0.735. The summed E-state index contributed by atoms with van der Waals surface area (Å²) in [5.41, 5.74) is 0.996. The third kappa shape index (κ3) is 4.83. The van der Waals surface area contributed by atoms with Crippen LogP contribution in [-0.4, -0.2) is 25.6 Å². The first-order valence-corrected chi connectivity index (χ1v) is 9.26. The van der Waals surface area contributed by atoms with E-state index in [1.165, 1.54) is 0 Å². The Balaban J connectivity index is 2.95. The summed E-state index contributed by atoms with van der Waals surface area (Å²) in [5, 5.41) is 3.24. The van der Waals surface area contributed by atoms with E-state index in [1.807, 2.05) is 25.3 Å². The highest BCUT2D eigenvalue weighted by Gasteiger charge is 2.22. The minimum absolute atomic E-state index is 0.0674. The summed E-state index contributed by atoms with van der Waals surface area (Å²) in [7, 11) is -3.45. The molecule has 0 aromatic carbocycles. The molecule has 0 spiro atoms. The smallest absolute Gasteiger partial charge is 0.242 e. The van der Waals surface area contributed by atoms with E-state index < -0.39 is 10.0 Å².